The summed E-state index contributed by atoms with van der Waals surface area (Å²) in [4.78, 5) is 25.2. The molecule has 174 valence electrons. The number of carbonyl (C=O) groups excluding carboxylic acids is 2. The Morgan fingerprint density at radius 2 is 1.70 bits per heavy atom. The molecule has 0 radical (unpaired) electrons. The van der Waals surface area contributed by atoms with Crippen LogP contribution in [0.4, 0.5) is 18.9 Å². The molecular formula is C24H25F3N4O2. The molecule has 0 aliphatic heterocycles. The fraction of sp³-hybridized carbons (Fsp3) is 0.292. The van der Waals surface area contributed by atoms with Crippen LogP contribution in [0.25, 0.3) is 5.69 Å². The number of amides is 2. The predicted molar refractivity (Wildman–Crippen MR) is 120 cm³/mol. The van der Waals surface area contributed by atoms with Gasteiger partial charge in [-0.25, -0.2) is 4.68 Å². The zero-order valence-corrected chi connectivity index (χ0v) is 18.7. The lowest BCUT2D eigenvalue weighted by Crippen LogP contribution is -2.33. The van der Waals surface area contributed by atoms with Gasteiger partial charge in [-0.1, -0.05) is 37.6 Å². The van der Waals surface area contributed by atoms with Gasteiger partial charge < -0.3 is 10.6 Å². The lowest BCUT2D eigenvalue weighted by Gasteiger charge is -2.14. The quantitative estimate of drug-likeness (QED) is 0.536. The van der Waals surface area contributed by atoms with E-state index in [2.05, 4.69) is 10.4 Å². The second-order valence-electron chi connectivity index (χ2n) is 8.13. The van der Waals surface area contributed by atoms with Crippen molar-refractivity contribution in [3.05, 3.63) is 76.6 Å². The molecule has 1 aromatic heterocycles. The Morgan fingerprint density at radius 1 is 1.03 bits per heavy atom. The lowest BCUT2D eigenvalue weighted by molar-refractivity contribution is -0.123. The molecule has 0 atom stereocenters. The van der Waals surface area contributed by atoms with Gasteiger partial charge in [-0.15, -0.1) is 0 Å². The minimum atomic E-state index is -4.51. The van der Waals surface area contributed by atoms with Gasteiger partial charge in [0.15, 0.2) is 0 Å². The Morgan fingerprint density at radius 3 is 2.30 bits per heavy atom. The van der Waals surface area contributed by atoms with E-state index in [9.17, 15) is 22.8 Å². The van der Waals surface area contributed by atoms with E-state index < -0.39 is 24.5 Å². The molecule has 0 aliphatic rings. The van der Waals surface area contributed by atoms with Crippen LogP contribution in [0, 0.1) is 13.8 Å². The normalized spacial score (nSPS) is 11.5. The molecule has 9 heteroatoms. The number of aryl methyl sites for hydroxylation is 2. The summed E-state index contributed by atoms with van der Waals surface area (Å²) < 4.78 is 38.9. The zero-order chi connectivity index (χ0) is 24.3. The summed E-state index contributed by atoms with van der Waals surface area (Å²) >= 11 is 0. The number of aromatic nitrogens is 2. The Hall–Kier alpha value is -3.62. The van der Waals surface area contributed by atoms with Crippen molar-refractivity contribution in [2.75, 3.05) is 11.9 Å². The van der Waals surface area contributed by atoms with Crippen molar-refractivity contribution in [2.24, 2.45) is 0 Å². The Balaban J connectivity index is 1.87. The lowest BCUT2D eigenvalue weighted by atomic mass is 10.0. The van der Waals surface area contributed by atoms with Crippen LogP contribution < -0.4 is 10.6 Å². The first-order valence-corrected chi connectivity index (χ1v) is 10.4. The molecule has 0 aliphatic carbocycles. The largest absolute Gasteiger partial charge is 0.405 e. The molecule has 3 rings (SSSR count). The highest BCUT2D eigenvalue weighted by Crippen LogP contribution is 2.25. The first kappa shape index (κ1) is 24.0. The second-order valence-corrected chi connectivity index (χ2v) is 8.13. The van der Waals surface area contributed by atoms with Crippen LogP contribution in [0.2, 0.25) is 0 Å². The van der Waals surface area contributed by atoms with Gasteiger partial charge in [-0.3, -0.25) is 9.59 Å². The number of nitrogens with one attached hydrogen (secondary N) is 2. The van der Waals surface area contributed by atoms with Crippen molar-refractivity contribution < 1.29 is 22.8 Å². The number of halogens is 3. The van der Waals surface area contributed by atoms with Gasteiger partial charge >= 0.3 is 6.18 Å². The summed E-state index contributed by atoms with van der Waals surface area (Å²) in [6.07, 6.45) is -3.03. The van der Waals surface area contributed by atoms with E-state index in [4.69, 9.17) is 0 Å². The predicted octanol–water partition coefficient (Wildman–Crippen LogP) is 5.16. The molecule has 0 bridgehead atoms. The highest BCUT2D eigenvalue weighted by molar-refractivity contribution is 6.06. The van der Waals surface area contributed by atoms with Gasteiger partial charge in [-0.2, -0.15) is 18.3 Å². The highest BCUT2D eigenvalue weighted by atomic mass is 19.4. The number of nitrogens with zero attached hydrogens (tertiary/aromatic N) is 2. The molecule has 0 unspecified atom stereocenters. The third-order valence-electron chi connectivity index (χ3n) is 5.07. The SMILES string of the molecule is Cc1ccc(-n2ncc(C(=O)Nc3cc(C(=O)NCC(F)(F)F)ccc3C)c2C(C)C)cc1. The van der Waals surface area contributed by atoms with Gasteiger partial charge in [0.25, 0.3) is 11.8 Å². The topological polar surface area (TPSA) is 76.0 Å². The summed E-state index contributed by atoms with van der Waals surface area (Å²) in [6.45, 7) is 6.18. The molecule has 0 fully saturated rings. The summed E-state index contributed by atoms with van der Waals surface area (Å²) in [6, 6.07) is 12.1. The van der Waals surface area contributed by atoms with Crippen molar-refractivity contribution in [3.63, 3.8) is 0 Å². The van der Waals surface area contributed by atoms with Crippen molar-refractivity contribution in [3.8, 4) is 5.69 Å². The van der Waals surface area contributed by atoms with Gasteiger partial charge in [0, 0.05) is 11.3 Å². The highest BCUT2D eigenvalue weighted by Gasteiger charge is 2.28. The molecule has 2 amide bonds. The fourth-order valence-corrected chi connectivity index (χ4v) is 3.35. The molecule has 3 aromatic rings. The molecule has 2 N–H and O–H groups in total. The number of benzene rings is 2. The van der Waals surface area contributed by atoms with E-state index in [-0.39, 0.29) is 11.5 Å². The molecular weight excluding hydrogens is 433 g/mol. The van der Waals surface area contributed by atoms with Crippen LogP contribution in [0.3, 0.4) is 0 Å². The minimum absolute atomic E-state index is 0.0135. The number of hydrogen-bond donors (Lipinski definition) is 2. The van der Waals surface area contributed by atoms with Crippen LogP contribution in [-0.2, 0) is 0 Å². The van der Waals surface area contributed by atoms with Crippen LogP contribution in [0.5, 0.6) is 0 Å². The number of anilines is 1. The standard InChI is InChI=1S/C24H25F3N4O2/c1-14(2)21-19(12-29-31(21)18-9-5-15(3)6-10-18)23(33)30-20-11-17(8-7-16(20)4)22(32)28-13-24(25,26)27/h5-12,14H,13H2,1-4H3,(H,28,32)(H,30,33). The molecule has 1 heterocycles. The Bertz CT molecular complexity index is 1170. The van der Waals surface area contributed by atoms with Crippen LogP contribution in [-0.4, -0.2) is 34.3 Å². The van der Waals surface area contributed by atoms with Crippen molar-refractivity contribution >= 4 is 17.5 Å². The van der Waals surface area contributed by atoms with E-state index in [0.29, 0.717) is 22.5 Å². The molecule has 0 saturated heterocycles. The number of hydrogen-bond acceptors (Lipinski definition) is 3. The maximum atomic E-state index is 13.1. The molecule has 6 nitrogen and oxygen atoms in total. The second kappa shape index (κ2) is 9.48. The third kappa shape index (κ3) is 5.79. The Labute approximate surface area is 189 Å². The van der Waals surface area contributed by atoms with Gasteiger partial charge in [-0.05, 0) is 49.6 Å². The summed E-state index contributed by atoms with van der Waals surface area (Å²) in [7, 11) is 0. The third-order valence-corrected chi connectivity index (χ3v) is 5.07. The van der Waals surface area contributed by atoms with E-state index in [0.717, 1.165) is 11.3 Å². The van der Waals surface area contributed by atoms with Gasteiger partial charge in [0.1, 0.15) is 6.54 Å². The average molecular weight is 458 g/mol. The molecule has 0 spiro atoms. The van der Waals surface area contributed by atoms with Crippen LogP contribution in [0.15, 0.2) is 48.7 Å². The van der Waals surface area contributed by atoms with E-state index in [1.807, 2.05) is 50.4 Å². The van der Waals surface area contributed by atoms with Gasteiger partial charge in [0.2, 0.25) is 0 Å². The molecule has 33 heavy (non-hydrogen) atoms. The van der Waals surface area contributed by atoms with Gasteiger partial charge in [0.05, 0.1) is 23.1 Å². The summed E-state index contributed by atoms with van der Waals surface area (Å²) in [5.41, 5.74) is 4.02. The average Bonchev–Trinajstić information content (AvgIpc) is 3.19. The maximum Gasteiger partial charge on any atom is 0.405 e. The van der Waals surface area contributed by atoms with E-state index in [1.165, 1.54) is 18.3 Å². The first-order valence-electron chi connectivity index (χ1n) is 10.4. The van der Waals surface area contributed by atoms with Crippen molar-refractivity contribution in [1.82, 2.24) is 15.1 Å². The van der Waals surface area contributed by atoms with E-state index >= 15 is 0 Å². The number of rotatable bonds is 6. The van der Waals surface area contributed by atoms with Crippen molar-refractivity contribution in [1.29, 1.82) is 0 Å². The number of carbonyl (C=O) groups is 2. The van der Waals surface area contributed by atoms with Crippen LogP contribution >= 0.6 is 0 Å². The smallest absolute Gasteiger partial charge is 0.343 e. The van der Waals surface area contributed by atoms with Crippen molar-refractivity contribution in [2.45, 2.75) is 39.8 Å². The summed E-state index contributed by atoms with van der Waals surface area (Å²) in [5, 5.41) is 9.00. The summed E-state index contributed by atoms with van der Waals surface area (Å²) in [5.74, 6) is -1.32. The molecule has 2 aromatic carbocycles. The fourth-order valence-electron chi connectivity index (χ4n) is 3.35. The minimum Gasteiger partial charge on any atom is -0.343 e. The Kier molecular flexibility index (Phi) is 6.90. The van der Waals surface area contributed by atoms with E-state index in [1.54, 1.807) is 17.7 Å². The maximum absolute atomic E-state index is 13.1. The number of alkyl halides is 3. The van der Waals surface area contributed by atoms with Crippen LogP contribution in [0.1, 0.15) is 57.3 Å². The zero-order valence-electron chi connectivity index (χ0n) is 18.7. The monoisotopic (exact) mass is 458 g/mol. The molecule has 0 saturated carbocycles. The first-order chi connectivity index (χ1) is 15.5.